The van der Waals surface area contributed by atoms with Crippen molar-refractivity contribution in [3.8, 4) is 5.75 Å². The number of rotatable bonds is 2. The van der Waals surface area contributed by atoms with Gasteiger partial charge in [0.15, 0.2) is 0 Å². The lowest BCUT2D eigenvalue weighted by Crippen LogP contribution is -2.48. The lowest BCUT2D eigenvalue weighted by molar-refractivity contribution is -0.117. The molecule has 3 rings (SSSR count). The molecule has 0 fully saturated rings. The van der Waals surface area contributed by atoms with Crippen molar-refractivity contribution in [2.45, 2.75) is 32.9 Å². The van der Waals surface area contributed by atoms with Gasteiger partial charge in [-0.2, -0.15) is 0 Å². The molecule has 0 radical (unpaired) electrons. The average molecular weight is 310 g/mol. The number of phenolic OH excluding ortho intramolecular Hbond substituents is 1. The molecule has 0 spiro atoms. The summed E-state index contributed by atoms with van der Waals surface area (Å²) < 4.78 is 0. The molecule has 0 aliphatic carbocycles. The molecule has 23 heavy (non-hydrogen) atoms. The summed E-state index contributed by atoms with van der Waals surface area (Å²) in [6, 6.07) is 15.3. The molecule has 2 aromatic rings. The zero-order valence-corrected chi connectivity index (χ0v) is 13.7. The number of hydrogen-bond acceptors (Lipinski definition) is 3. The molecule has 2 N–H and O–H groups in total. The predicted octanol–water partition coefficient (Wildman–Crippen LogP) is 3.94. The highest BCUT2D eigenvalue weighted by Crippen LogP contribution is 2.43. The smallest absolute Gasteiger partial charge is 0.224 e. The van der Waals surface area contributed by atoms with Gasteiger partial charge in [-0.1, -0.05) is 25.1 Å². The van der Waals surface area contributed by atoms with Gasteiger partial charge in [-0.05, 0) is 37.3 Å². The average Bonchev–Trinajstić information content (AvgIpc) is 2.53. The summed E-state index contributed by atoms with van der Waals surface area (Å²) in [5, 5.41) is 13.5. The van der Waals surface area contributed by atoms with Crippen LogP contribution in [0.25, 0.3) is 0 Å². The number of carbonyl (C=O) groups excluding carboxylic acids is 1. The van der Waals surface area contributed by atoms with Crippen LogP contribution in [0.15, 0.2) is 48.5 Å². The van der Waals surface area contributed by atoms with E-state index in [9.17, 15) is 9.90 Å². The van der Waals surface area contributed by atoms with Crippen LogP contribution in [0.3, 0.4) is 0 Å². The normalized spacial score (nSPS) is 23.3. The van der Waals surface area contributed by atoms with E-state index in [-0.39, 0.29) is 29.7 Å². The van der Waals surface area contributed by atoms with Crippen molar-refractivity contribution >= 4 is 17.3 Å². The number of carbonyl (C=O) groups is 1. The molecule has 3 unspecified atom stereocenters. The molecule has 120 valence electrons. The van der Waals surface area contributed by atoms with Crippen LogP contribution in [-0.4, -0.2) is 17.1 Å². The molecule has 2 aromatic carbocycles. The third-order valence-electron chi connectivity index (χ3n) is 4.73. The summed E-state index contributed by atoms with van der Waals surface area (Å²) in [4.78, 5) is 13.9. The molecule has 4 nitrogen and oxygen atoms in total. The summed E-state index contributed by atoms with van der Waals surface area (Å²) in [6.45, 7) is 5.79. The van der Waals surface area contributed by atoms with Crippen LogP contribution in [0.5, 0.6) is 5.75 Å². The second-order valence-corrected chi connectivity index (χ2v) is 6.22. The van der Waals surface area contributed by atoms with Gasteiger partial charge in [0.1, 0.15) is 5.75 Å². The van der Waals surface area contributed by atoms with Gasteiger partial charge in [-0.3, -0.25) is 4.79 Å². The Hall–Kier alpha value is -2.49. The number of nitrogens with zero attached hydrogens (tertiary/aromatic N) is 1. The summed E-state index contributed by atoms with van der Waals surface area (Å²) >= 11 is 0. The molecule has 1 amide bonds. The number of nitrogens with one attached hydrogen (secondary N) is 1. The number of fused-ring (bicyclic) bond motifs is 1. The SMILES string of the molecule is CC(=O)N1c2ccc(O)cc2C(Nc2ccccc2)C(C)C1C. The van der Waals surface area contributed by atoms with E-state index in [2.05, 4.69) is 19.2 Å². The van der Waals surface area contributed by atoms with Gasteiger partial charge in [-0.25, -0.2) is 0 Å². The zero-order chi connectivity index (χ0) is 16.6. The van der Waals surface area contributed by atoms with E-state index < -0.39 is 0 Å². The molecule has 4 heteroatoms. The number of hydrogen-bond donors (Lipinski definition) is 2. The van der Waals surface area contributed by atoms with Gasteiger partial charge in [0, 0.05) is 35.8 Å². The van der Waals surface area contributed by atoms with Gasteiger partial charge in [0.2, 0.25) is 5.91 Å². The van der Waals surface area contributed by atoms with Crippen molar-refractivity contribution in [2.24, 2.45) is 5.92 Å². The highest BCUT2D eigenvalue weighted by atomic mass is 16.3. The third-order valence-corrected chi connectivity index (χ3v) is 4.73. The fourth-order valence-electron chi connectivity index (χ4n) is 3.41. The second-order valence-electron chi connectivity index (χ2n) is 6.22. The lowest BCUT2D eigenvalue weighted by atomic mass is 9.82. The lowest BCUT2D eigenvalue weighted by Gasteiger charge is -2.44. The molecule has 1 aliphatic rings. The maximum atomic E-state index is 12.1. The van der Waals surface area contributed by atoms with Crippen LogP contribution in [-0.2, 0) is 4.79 Å². The molecule has 0 aromatic heterocycles. The summed E-state index contributed by atoms with van der Waals surface area (Å²) in [6.07, 6.45) is 0. The quantitative estimate of drug-likeness (QED) is 0.883. The van der Waals surface area contributed by atoms with Crippen molar-refractivity contribution < 1.29 is 9.90 Å². The van der Waals surface area contributed by atoms with Crippen LogP contribution in [0.1, 0.15) is 32.4 Å². The van der Waals surface area contributed by atoms with Gasteiger partial charge in [0.25, 0.3) is 0 Å². The predicted molar refractivity (Wildman–Crippen MR) is 92.7 cm³/mol. The fourth-order valence-corrected chi connectivity index (χ4v) is 3.41. The van der Waals surface area contributed by atoms with Crippen LogP contribution in [0.2, 0.25) is 0 Å². The first-order chi connectivity index (χ1) is 11.0. The number of aromatic hydroxyl groups is 1. The fraction of sp³-hybridized carbons (Fsp3) is 0.316. The van der Waals surface area contributed by atoms with Crippen LogP contribution >= 0.6 is 0 Å². The topological polar surface area (TPSA) is 52.6 Å². The van der Waals surface area contributed by atoms with Gasteiger partial charge < -0.3 is 15.3 Å². The first-order valence-electron chi connectivity index (χ1n) is 7.93. The van der Waals surface area contributed by atoms with E-state index in [1.165, 1.54) is 0 Å². The molecule has 0 bridgehead atoms. The first kappa shape index (κ1) is 15.4. The Kier molecular flexibility index (Phi) is 3.99. The Morgan fingerprint density at radius 3 is 2.48 bits per heavy atom. The second kappa shape index (κ2) is 5.95. The number of benzene rings is 2. The van der Waals surface area contributed by atoms with Crippen molar-refractivity contribution in [1.82, 2.24) is 0 Å². The number of para-hydroxylation sites is 1. The van der Waals surface area contributed by atoms with Crippen molar-refractivity contribution in [3.05, 3.63) is 54.1 Å². The van der Waals surface area contributed by atoms with Crippen molar-refractivity contribution in [3.63, 3.8) is 0 Å². The summed E-state index contributed by atoms with van der Waals surface area (Å²) in [7, 11) is 0. The highest BCUT2D eigenvalue weighted by molar-refractivity contribution is 5.94. The molecular formula is C19H22N2O2. The van der Waals surface area contributed by atoms with E-state index >= 15 is 0 Å². The molecule has 0 saturated carbocycles. The number of anilines is 2. The zero-order valence-electron chi connectivity index (χ0n) is 13.7. The molecule has 0 saturated heterocycles. The minimum atomic E-state index is 0.0226. The molecule has 3 atom stereocenters. The minimum absolute atomic E-state index is 0.0226. The Labute approximate surface area is 136 Å². The van der Waals surface area contributed by atoms with E-state index in [1.807, 2.05) is 41.3 Å². The highest BCUT2D eigenvalue weighted by Gasteiger charge is 2.38. The summed E-state index contributed by atoms with van der Waals surface area (Å²) in [5.41, 5.74) is 2.85. The largest absolute Gasteiger partial charge is 0.508 e. The van der Waals surface area contributed by atoms with Crippen LogP contribution in [0.4, 0.5) is 11.4 Å². The first-order valence-corrected chi connectivity index (χ1v) is 7.93. The van der Waals surface area contributed by atoms with Crippen LogP contribution in [0, 0.1) is 5.92 Å². The van der Waals surface area contributed by atoms with E-state index in [0.29, 0.717) is 0 Å². The summed E-state index contributed by atoms with van der Waals surface area (Å²) in [5.74, 6) is 0.441. The van der Waals surface area contributed by atoms with Gasteiger partial charge in [-0.15, -0.1) is 0 Å². The third kappa shape index (κ3) is 2.77. The van der Waals surface area contributed by atoms with E-state index in [1.54, 1.807) is 19.1 Å². The number of amides is 1. The van der Waals surface area contributed by atoms with Crippen molar-refractivity contribution in [1.29, 1.82) is 0 Å². The van der Waals surface area contributed by atoms with Gasteiger partial charge >= 0.3 is 0 Å². The molecule has 1 heterocycles. The Morgan fingerprint density at radius 1 is 1.13 bits per heavy atom. The maximum Gasteiger partial charge on any atom is 0.224 e. The Bertz CT molecular complexity index is 715. The van der Waals surface area contributed by atoms with E-state index in [0.717, 1.165) is 16.9 Å². The Morgan fingerprint density at radius 2 is 1.83 bits per heavy atom. The van der Waals surface area contributed by atoms with Crippen molar-refractivity contribution in [2.75, 3.05) is 10.2 Å². The standard InChI is InChI=1S/C19H22N2O2/c1-12-13(2)21(14(3)22)18-10-9-16(23)11-17(18)19(12)20-15-7-5-4-6-8-15/h4-13,19-20,23H,1-3H3. The Balaban J connectivity index is 2.07. The maximum absolute atomic E-state index is 12.1. The molecule has 1 aliphatic heterocycles. The van der Waals surface area contributed by atoms with Crippen LogP contribution < -0.4 is 10.2 Å². The minimum Gasteiger partial charge on any atom is -0.508 e. The molecular weight excluding hydrogens is 288 g/mol. The van der Waals surface area contributed by atoms with Gasteiger partial charge in [0.05, 0.1) is 6.04 Å². The monoisotopic (exact) mass is 310 g/mol. The van der Waals surface area contributed by atoms with E-state index in [4.69, 9.17) is 0 Å². The number of phenols is 1.